The van der Waals surface area contributed by atoms with E-state index < -0.39 is 74.4 Å². The second-order valence-corrected chi connectivity index (χ2v) is 5.70. The van der Waals surface area contributed by atoms with Gasteiger partial charge in [-0.15, -0.1) is 0 Å². The number of carbonyl (C=O) groups is 1. The standard InChI is InChI=1S/C13H25NO10/c14-6-3-23-13(12(22)9(6)19)24-4-8(18)11(21)10(20)7(17)1-5(16)2-15/h6-13,15,17-22H,1-4,14H2/t6-,7+,8+,9-,10+,11+,12+,13+/m0/s1. The van der Waals surface area contributed by atoms with Gasteiger partial charge in [-0.2, -0.15) is 0 Å². The Morgan fingerprint density at radius 2 is 1.71 bits per heavy atom. The zero-order valence-corrected chi connectivity index (χ0v) is 12.9. The molecule has 24 heavy (non-hydrogen) atoms. The van der Waals surface area contributed by atoms with Crippen molar-refractivity contribution in [3.05, 3.63) is 0 Å². The van der Waals surface area contributed by atoms with Crippen molar-refractivity contribution in [3.8, 4) is 0 Å². The quantitative estimate of drug-likeness (QED) is 0.196. The van der Waals surface area contributed by atoms with Gasteiger partial charge in [0.1, 0.15) is 37.1 Å². The van der Waals surface area contributed by atoms with Crippen LogP contribution in [0.3, 0.4) is 0 Å². The summed E-state index contributed by atoms with van der Waals surface area (Å²) in [5.41, 5.74) is 5.47. The maximum atomic E-state index is 11.0. The van der Waals surface area contributed by atoms with Crippen LogP contribution in [0.5, 0.6) is 0 Å². The zero-order chi connectivity index (χ0) is 18.4. The summed E-state index contributed by atoms with van der Waals surface area (Å²) in [7, 11) is 0. The van der Waals surface area contributed by atoms with E-state index in [1.54, 1.807) is 0 Å². The Hall–Kier alpha value is -0.730. The monoisotopic (exact) mass is 355 g/mol. The van der Waals surface area contributed by atoms with Crippen LogP contribution in [0.1, 0.15) is 6.42 Å². The van der Waals surface area contributed by atoms with Crippen LogP contribution in [-0.4, -0.2) is 110 Å². The first-order valence-corrected chi connectivity index (χ1v) is 7.38. The van der Waals surface area contributed by atoms with E-state index in [-0.39, 0.29) is 6.61 Å². The highest BCUT2D eigenvalue weighted by Gasteiger charge is 2.38. The van der Waals surface area contributed by atoms with E-state index in [1.165, 1.54) is 0 Å². The molecule has 0 aromatic heterocycles. The third-order valence-electron chi connectivity index (χ3n) is 3.70. The molecule has 1 fully saturated rings. The van der Waals surface area contributed by atoms with Crippen molar-refractivity contribution in [3.63, 3.8) is 0 Å². The highest BCUT2D eigenvalue weighted by molar-refractivity contribution is 5.79. The fraction of sp³-hybridized carbons (Fsp3) is 0.923. The molecule has 0 aromatic rings. The minimum Gasteiger partial charge on any atom is -0.390 e. The summed E-state index contributed by atoms with van der Waals surface area (Å²) in [6, 6.07) is -0.795. The molecule has 1 heterocycles. The van der Waals surface area contributed by atoms with E-state index in [0.29, 0.717) is 0 Å². The van der Waals surface area contributed by atoms with E-state index in [4.69, 9.17) is 20.3 Å². The molecule has 1 aliphatic rings. The smallest absolute Gasteiger partial charge is 0.186 e. The van der Waals surface area contributed by atoms with Crippen molar-refractivity contribution in [1.82, 2.24) is 0 Å². The molecule has 0 aliphatic carbocycles. The Morgan fingerprint density at radius 3 is 2.29 bits per heavy atom. The predicted molar refractivity (Wildman–Crippen MR) is 76.4 cm³/mol. The maximum Gasteiger partial charge on any atom is 0.186 e. The van der Waals surface area contributed by atoms with Crippen LogP contribution in [0.15, 0.2) is 0 Å². The molecule has 11 heteroatoms. The van der Waals surface area contributed by atoms with Gasteiger partial charge in [-0.25, -0.2) is 0 Å². The molecular weight excluding hydrogens is 330 g/mol. The first-order valence-electron chi connectivity index (χ1n) is 7.38. The fourth-order valence-electron chi connectivity index (χ4n) is 2.13. The Bertz CT molecular complexity index is 397. The minimum absolute atomic E-state index is 0.0911. The number of rotatable bonds is 9. The van der Waals surface area contributed by atoms with Gasteiger partial charge in [-0.05, 0) is 0 Å². The van der Waals surface area contributed by atoms with Crippen molar-refractivity contribution in [2.45, 2.75) is 55.4 Å². The number of aliphatic hydroxyl groups is 7. The van der Waals surface area contributed by atoms with Crippen molar-refractivity contribution >= 4 is 5.78 Å². The summed E-state index contributed by atoms with van der Waals surface area (Å²) >= 11 is 0. The predicted octanol–water partition coefficient (Wildman–Crippen LogP) is -5.20. The number of hydrogen-bond donors (Lipinski definition) is 8. The molecule has 0 bridgehead atoms. The molecule has 9 N–H and O–H groups in total. The molecule has 142 valence electrons. The van der Waals surface area contributed by atoms with Gasteiger partial charge in [0.25, 0.3) is 0 Å². The number of hydrogen-bond acceptors (Lipinski definition) is 11. The highest BCUT2D eigenvalue weighted by atomic mass is 16.7. The largest absolute Gasteiger partial charge is 0.390 e. The van der Waals surface area contributed by atoms with Gasteiger partial charge in [-0.1, -0.05) is 0 Å². The van der Waals surface area contributed by atoms with Gasteiger partial charge >= 0.3 is 0 Å². The second kappa shape index (κ2) is 9.68. The molecule has 1 aliphatic heterocycles. The Morgan fingerprint density at radius 1 is 1.12 bits per heavy atom. The van der Waals surface area contributed by atoms with Crippen molar-refractivity contribution in [2.75, 3.05) is 19.8 Å². The molecular formula is C13H25NO10. The molecule has 0 radical (unpaired) electrons. The number of ether oxygens (including phenoxy) is 2. The molecule has 0 aromatic carbocycles. The maximum absolute atomic E-state index is 11.0. The van der Waals surface area contributed by atoms with Crippen LogP contribution in [0.2, 0.25) is 0 Å². The summed E-state index contributed by atoms with van der Waals surface area (Å²) in [6.07, 6.45) is -11.7. The van der Waals surface area contributed by atoms with Crippen LogP contribution in [0, 0.1) is 0 Å². The lowest BCUT2D eigenvalue weighted by Gasteiger charge is -2.36. The highest BCUT2D eigenvalue weighted by Crippen LogP contribution is 2.17. The summed E-state index contributed by atoms with van der Waals surface area (Å²) in [4.78, 5) is 11.0. The summed E-state index contributed by atoms with van der Waals surface area (Å²) in [5, 5.41) is 66.6. The van der Waals surface area contributed by atoms with E-state index in [1.807, 2.05) is 0 Å². The van der Waals surface area contributed by atoms with E-state index in [2.05, 4.69) is 0 Å². The van der Waals surface area contributed by atoms with Crippen LogP contribution in [0.4, 0.5) is 0 Å². The molecule has 1 saturated heterocycles. The van der Waals surface area contributed by atoms with E-state index in [0.717, 1.165) is 0 Å². The fourth-order valence-corrected chi connectivity index (χ4v) is 2.13. The normalized spacial score (nSPS) is 32.8. The number of Topliss-reactive ketones (excluding diaryl/α,β-unsaturated/α-hetero) is 1. The second-order valence-electron chi connectivity index (χ2n) is 5.70. The van der Waals surface area contributed by atoms with Crippen LogP contribution in [-0.2, 0) is 14.3 Å². The first-order chi connectivity index (χ1) is 11.2. The first kappa shape index (κ1) is 21.3. The lowest BCUT2D eigenvalue weighted by Crippen LogP contribution is -2.57. The van der Waals surface area contributed by atoms with Crippen molar-refractivity contribution in [1.29, 1.82) is 0 Å². The number of carbonyl (C=O) groups excluding carboxylic acids is 1. The summed E-state index contributed by atoms with van der Waals surface area (Å²) < 4.78 is 10.1. The Kier molecular flexibility index (Phi) is 8.59. The zero-order valence-electron chi connectivity index (χ0n) is 12.9. The van der Waals surface area contributed by atoms with E-state index >= 15 is 0 Å². The summed E-state index contributed by atoms with van der Waals surface area (Å²) in [5.74, 6) is -0.747. The molecule has 0 unspecified atom stereocenters. The van der Waals surface area contributed by atoms with Crippen LogP contribution in [0.25, 0.3) is 0 Å². The van der Waals surface area contributed by atoms with Gasteiger partial charge in [0.2, 0.25) is 0 Å². The SMILES string of the molecule is N[C@H]1CO[C@H](OC[C@@H](O)[C@@H](O)[C@H](O)[C@H](O)CC(=O)CO)[C@H](O)[C@H]1O. The van der Waals surface area contributed by atoms with E-state index in [9.17, 15) is 35.4 Å². The average molecular weight is 355 g/mol. The third-order valence-corrected chi connectivity index (χ3v) is 3.70. The molecule has 0 spiro atoms. The third kappa shape index (κ3) is 5.67. The lowest BCUT2D eigenvalue weighted by atomic mass is 9.99. The molecule has 0 saturated carbocycles. The van der Waals surface area contributed by atoms with Gasteiger partial charge in [0, 0.05) is 6.42 Å². The van der Waals surface area contributed by atoms with Crippen molar-refractivity contribution < 1.29 is 50.0 Å². The van der Waals surface area contributed by atoms with Gasteiger partial charge in [0.15, 0.2) is 12.1 Å². The minimum atomic E-state index is -1.87. The Labute approximate surface area is 137 Å². The van der Waals surface area contributed by atoms with Crippen LogP contribution < -0.4 is 5.73 Å². The average Bonchev–Trinajstić information content (AvgIpc) is 2.57. The molecule has 1 rings (SSSR count). The van der Waals surface area contributed by atoms with Gasteiger partial charge < -0.3 is 51.0 Å². The molecule has 8 atom stereocenters. The summed E-state index contributed by atoms with van der Waals surface area (Å²) in [6.45, 7) is -1.51. The lowest BCUT2D eigenvalue weighted by molar-refractivity contribution is -0.258. The number of aliphatic hydroxyl groups excluding tert-OH is 7. The van der Waals surface area contributed by atoms with Crippen LogP contribution >= 0.6 is 0 Å². The molecule has 11 nitrogen and oxygen atoms in total. The topological polar surface area (TPSA) is 203 Å². The number of nitrogens with two attached hydrogens (primary N) is 1. The number of ketones is 1. The van der Waals surface area contributed by atoms with Crippen molar-refractivity contribution in [2.24, 2.45) is 5.73 Å². The van der Waals surface area contributed by atoms with Gasteiger partial charge in [-0.3, -0.25) is 4.79 Å². The molecule has 0 amide bonds. The van der Waals surface area contributed by atoms with Gasteiger partial charge in [0.05, 0.1) is 25.4 Å². The Balaban J connectivity index is 2.46.